The lowest BCUT2D eigenvalue weighted by molar-refractivity contribution is 0.547. The average Bonchev–Trinajstić information content (AvgIpc) is 2.98. The van der Waals surface area contributed by atoms with Crippen LogP contribution in [0.15, 0.2) is 35.6 Å². The van der Waals surface area contributed by atoms with Gasteiger partial charge >= 0.3 is 0 Å². The second kappa shape index (κ2) is 12.1. The van der Waals surface area contributed by atoms with E-state index in [-0.39, 0.29) is 24.0 Å². The summed E-state index contributed by atoms with van der Waals surface area (Å²) in [7, 11) is 0. The monoisotopic (exact) mass is 457 g/mol. The molecule has 0 aliphatic rings. The topological polar surface area (TPSA) is 53.7 Å². The summed E-state index contributed by atoms with van der Waals surface area (Å²) in [5.41, 5.74) is 2.07. The summed E-state index contributed by atoms with van der Waals surface area (Å²) in [6.07, 6.45) is 9.98. The van der Waals surface area contributed by atoms with E-state index in [4.69, 9.17) is 4.99 Å². The van der Waals surface area contributed by atoms with Crippen molar-refractivity contribution in [3.8, 4) is 0 Å². The quantitative estimate of drug-likeness (QED) is 0.259. The minimum Gasteiger partial charge on any atom is -0.357 e. The summed E-state index contributed by atoms with van der Waals surface area (Å²) in [4.78, 5) is 9.31. The second-order valence-corrected chi connectivity index (χ2v) is 6.25. The Morgan fingerprint density at radius 3 is 2.84 bits per heavy atom. The minimum atomic E-state index is 0. The van der Waals surface area contributed by atoms with Crippen molar-refractivity contribution in [1.82, 2.24) is 20.0 Å². The Hall–Kier alpha value is -1.31. The molecule has 0 aromatic carbocycles. The van der Waals surface area contributed by atoms with Gasteiger partial charge in [-0.15, -0.1) is 24.0 Å². The van der Waals surface area contributed by atoms with Gasteiger partial charge in [0.2, 0.25) is 0 Å². The van der Waals surface area contributed by atoms with Crippen LogP contribution in [0.5, 0.6) is 0 Å². The number of pyridine rings is 1. The van der Waals surface area contributed by atoms with Crippen molar-refractivity contribution in [3.05, 3.63) is 36.3 Å². The number of fused-ring (bicyclic) bond motifs is 1. The largest absolute Gasteiger partial charge is 0.357 e. The molecule has 2 N–H and O–H groups in total. The van der Waals surface area contributed by atoms with Gasteiger partial charge in [0.25, 0.3) is 0 Å². The Morgan fingerprint density at radius 1 is 1.28 bits per heavy atom. The fourth-order valence-corrected chi connectivity index (χ4v) is 2.72. The van der Waals surface area contributed by atoms with E-state index in [2.05, 4.69) is 47.0 Å². The Labute approximate surface area is 168 Å². The number of nitrogens with one attached hydrogen (secondary N) is 2. The molecule has 2 rings (SSSR count). The first-order valence-corrected chi connectivity index (χ1v) is 9.20. The number of aromatic nitrogens is 2. The lowest BCUT2D eigenvalue weighted by atomic mass is 10.1. The third kappa shape index (κ3) is 7.63. The zero-order valence-corrected chi connectivity index (χ0v) is 18.0. The van der Waals surface area contributed by atoms with Gasteiger partial charge in [-0.25, -0.2) is 4.98 Å². The van der Waals surface area contributed by atoms with Crippen molar-refractivity contribution in [1.29, 1.82) is 0 Å². The predicted molar refractivity (Wildman–Crippen MR) is 117 cm³/mol. The summed E-state index contributed by atoms with van der Waals surface area (Å²) in [5.74, 6) is 0.908. The molecule has 0 bridgehead atoms. The van der Waals surface area contributed by atoms with E-state index in [9.17, 15) is 0 Å². The molecule has 0 saturated heterocycles. The molecule has 140 valence electrons. The highest BCUT2D eigenvalue weighted by Gasteiger charge is 2.05. The number of hydrogen-bond acceptors (Lipinski definition) is 2. The van der Waals surface area contributed by atoms with Crippen LogP contribution in [0.3, 0.4) is 0 Å². The smallest absolute Gasteiger partial charge is 0.191 e. The SMILES string of the molecule is CCCCCC(C)NC(=NCCc1cn2ccccc2n1)NCC.I. The molecule has 2 heterocycles. The standard InChI is InChI=1S/C19H31N5.HI/c1-4-6-7-10-16(3)22-19(20-5-2)21-13-12-17-15-24-14-9-8-11-18(24)23-17;/h8-9,11,14-16H,4-7,10,12-13H2,1-3H3,(H2,20,21,22);1H. The van der Waals surface area contributed by atoms with E-state index in [0.29, 0.717) is 6.04 Å². The zero-order chi connectivity index (χ0) is 17.2. The molecule has 2 aromatic heterocycles. The molecule has 0 aliphatic heterocycles. The molecule has 6 heteroatoms. The number of hydrogen-bond donors (Lipinski definition) is 2. The Kier molecular flexibility index (Phi) is 10.5. The first-order valence-electron chi connectivity index (χ1n) is 9.20. The van der Waals surface area contributed by atoms with Crippen LogP contribution in [-0.4, -0.2) is 34.5 Å². The summed E-state index contributed by atoms with van der Waals surface area (Å²) in [6, 6.07) is 6.50. The molecule has 5 nitrogen and oxygen atoms in total. The first kappa shape index (κ1) is 21.7. The highest BCUT2D eigenvalue weighted by atomic mass is 127. The number of imidazole rings is 1. The normalized spacial score (nSPS) is 12.7. The lowest BCUT2D eigenvalue weighted by Crippen LogP contribution is -2.42. The third-order valence-electron chi connectivity index (χ3n) is 4.02. The maximum absolute atomic E-state index is 4.69. The average molecular weight is 457 g/mol. The predicted octanol–water partition coefficient (Wildman–Crippen LogP) is 4.02. The second-order valence-electron chi connectivity index (χ2n) is 6.25. The Bertz CT molecular complexity index is 605. The summed E-state index contributed by atoms with van der Waals surface area (Å²) >= 11 is 0. The van der Waals surface area contributed by atoms with Crippen LogP contribution in [-0.2, 0) is 6.42 Å². The van der Waals surface area contributed by atoms with Crippen molar-refractivity contribution in [3.63, 3.8) is 0 Å². The molecular formula is C19H32IN5. The molecule has 0 fully saturated rings. The summed E-state index contributed by atoms with van der Waals surface area (Å²) in [6.45, 7) is 8.18. The Morgan fingerprint density at radius 2 is 2.12 bits per heavy atom. The number of guanidine groups is 1. The minimum absolute atomic E-state index is 0. The van der Waals surface area contributed by atoms with Crippen molar-refractivity contribution in [2.24, 2.45) is 4.99 Å². The van der Waals surface area contributed by atoms with Crippen LogP contribution >= 0.6 is 24.0 Å². The van der Waals surface area contributed by atoms with Crippen LogP contribution in [0.1, 0.15) is 52.1 Å². The molecule has 0 amide bonds. The molecule has 0 spiro atoms. The molecule has 1 atom stereocenters. The van der Waals surface area contributed by atoms with Gasteiger partial charge in [0.1, 0.15) is 5.65 Å². The molecular weight excluding hydrogens is 425 g/mol. The third-order valence-corrected chi connectivity index (χ3v) is 4.02. The van der Waals surface area contributed by atoms with E-state index < -0.39 is 0 Å². The van der Waals surface area contributed by atoms with Crippen LogP contribution in [0, 0.1) is 0 Å². The Balaban J connectivity index is 0.00000312. The van der Waals surface area contributed by atoms with Crippen LogP contribution < -0.4 is 10.6 Å². The van der Waals surface area contributed by atoms with Gasteiger partial charge in [-0.2, -0.15) is 0 Å². The molecule has 0 saturated carbocycles. The van der Waals surface area contributed by atoms with Gasteiger partial charge in [0.15, 0.2) is 5.96 Å². The van der Waals surface area contributed by atoms with Crippen LogP contribution in [0.25, 0.3) is 5.65 Å². The summed E-state index contributed by atoms with van der Waals surface area (Å²) in [5, 5.41) is 6.83. The zero-order valence-electron chi connectivity index (χ0n) is 15.7. The highest BCUT2D eigenvalue weighted by Crippen LogP contribution is 2.05. The maximum atomic E-state index is 4.69. The van der Waals surface area contributed by atoms with Gasteiger partial charge in [-0.1, -0.05) is 32.3 Å². The van der Waals surface area contributed by atoms with E-state index >= 15 is 0 Å². The van der Waals surface area contributed by atoms with Crippen molar-refractivity contribution < 1.29 is 0 Å². The van der Waals surface area contributed by atoms with Gasteiger partial charge in [-0.3, -0.25) is 4.99 Å². The molecule has 25 heavy (non-hydrogen) atoms. The fraction of sp³-hybridized carbons (Fsp3) is 0.579. The molecule has 0 aliphatic carbocycles. The first-order chi connectivity index (χ1) is 11.7. The van der Waals surface area contributed by atoms with E-state index in [1.165, 1.54) is 25.7 Å². The van der Waals surface area contributed by atoms with Crippen LogP contribution in [0.4, 0.5) is 0 Å². The lowest BCUT2D eigenvalue weighted by Gasteiger charge is -2.17. The number of rotatable bonds is 9. The van der Waals surface area contributed by atoms with Crippen molar-refractivity contribution in [2.45, 2.75) is 58.9 Å². The van der Waals surface area contributed by atoms with Gasteiger partial charge < -0.3 is 15.0 Å². The van der Waals surface area contributed by atoms with Crippen molar-refractivity contribution in [2.75, 3.05) is 13.1 Å². The maximum Gasteiger partial charge on any atom is 0.191 e. The van der Waals surface area contributed by atoms with Gasteiger partial charge in [0.05, 0.1) is 5.69 Å². The van der Waals surface area contributed by atoms with Gasteiger partial charge in [-0.05, 0) is 32.4 Å². The number of unbranched alkanes of at least 4 members (excludes halogenated alkanes) is 2. The van der Waals surface area contributed by atoms with Crippen LogP contribution in [0.2, 0.25) is 0 Å². The number of halogens is 1. The van der Waals surface area contributed by atoms with Crippen molar-refractivity contribution >= 4 is 35.6 Å². The molecule has 1 unspecified atom stereocenters. The fourth-order valence-electron chi connectivity index (χ4n) is 2.72. The molecule has 2 aromatic rings. The number of nitrogens with zero attached hydrogens (tertiary/aromatic N) is 3. The van der Waals surface area contributed by atoms with E-state index in [0.717, 1.165) is 36.8 Å². The molecule has 0 radical (unpaired) electrons. The van der Waals surface area contributed by atoms with E-state index in [1.807, 2.05) is 24.4 Å². The summed E-state index contributed by atoms with van der Waals surface area (Å²) < 4.78 is 2.05. The van der Waals surface area contributed by atoms with Gasteiger partial charge in [0, 0.05) is 37.9 Å². The van der Waals surface area contributed by atoms with E-state index in [1.54, 1.807) is 0 Å². The number of aliphatic imine (C=N–C) groups is 1. The highest BCUT2D eigenvalue weighted by molar-refractivity contribution is 14.0.